The quantitative estimate of drug-likeness (QED) is 0.721. The Kier molecular flexibility index (Phi) is 5.16. The van der Waals surface area contributed by atoms with Gasteiger partial charge in [0.1, 0.15) is 17.1 Å². The normalized spacial score (nSPS) is 10.3. The van der Waals surface area contributed by atoms with Crippen LogP contribution in [0.1, 0.15) is 26.7 Å². The highest BCUT2D eigenvalue weighted by molar-refractivity contribution is 6.05. The number of aromatic nitrogens is 2. The summed E-state index contributed by atoms with van der Waals surface area (Å²) in [6.07, 6.45) is 0. The number of hydrogen-bond acceptors (Lipinski definition) is 6. The maximum atomic E-state index is 12.4. The van der Waals surface area contributed by atoms with E-state index in [0.717, 1.165) is 5.69 Å². The molecule has 8 nitrogen and oxygen atoms in total. The summed E-state index contributed by atoms with van der Waals surface area (Å²) in [5.41, 5.74) is 1.90. The number of pyridine rings is 1. The summed E-state index contributed by atoms with van der Waals surface area (Å²) in [4.78, 5) is 30.8. The van der Waals surface area contributed by atoms with E-state index in [9.17, 15) is 9.59 Å². The van der Waals surface area contributed by atoms with Gasteiger partial charge < -0.3 is 20.1 Å². The Balaban J connectivity index is 1.70. The van der Waals surface area contributed by atoms with E-state index in [1.54, 1.807) is 37.3 Å². The number of nitrogens with zero attached hydrogens (tertiary/aromatic N) is 3. The predicted octanol–water partition coefficient (Wildman–Crippen LogP) is 2.95. The highest BCUT2D eigenvalue weighted by Gasteiger charge is 2.14. The molecule has 0 radical (unpaired) electrons. The molecule has 27 heavy (non-hydrogen) atoms. The van der Waals surface area contributed by atoms with Gasteiger partial charge in [-0.15, -0.1) is 0 Å². The maximum absolute atomic E-state index is 12.4. The second-order valence-electron chi connectivity index (χ2n) is 6.08. The molecular weight excluding hydrogens is 346 g/mol. The molecule has 3 aromatic rings. The Bertz CT molecular complexity index is 963. The molecule has 0 atom stereocenters. The molecule has 0 bridgehead atoms. The molecule has 0 aliphatic rings. The average Bonchev–Trinajstić information content (AvgIpc) is 3.07. The summed E-state index contributed by atoms with van der Waals surface area (Å²) in [5.74, 6) is -0.0189. The fourth-order valence-electron chi connectivity index (χ4n) is 2.33. The molecule has 8 heteroatoms. The number of hydrogen-bond donors (Lipinski definition) is 2. The summed E-state index contributed by atoms with van der Waals surface area (Å²) in [6, 6.07) is 13.6. The summed E-state index contributed by atoms with van der Waals surface area (Å²) < 4.78 is 4.90. The topological polar surface area (TPSA) is 100 Å². The molecule has 2 aromatic heterocycles. The number of carbonyl (C=O) groups is 2. The van der Waals surface area contributed by atoms with Crippen molar-refractivity contribution in [1.29, 1.82) is 0 Å². The summed E-state index contributed by atoms with van der Waals surface area (Å²) >= 11 is 0. The van der Waals surface area contributed by atoms with Gasteiger partial charge >= 0.3 is 0 Å². The molecule has 3 rings (SSSR count). The minimum absolute atomic E-state index is 0.103. The van der Waals surface area contributed by atoms with Crippen LogP contribution in [-0.2, 0) is 0 Å². The number of benzene rings is 1. The zero-order valence-corrected chi connectivity index (χ0v) is 15.2. The molecule has 0 saturated carbocycles. The number of anilines is 3. The standard InChI is InChI=1S/C19H19N5O3/c1-12-11-17(23-27-12)22-19(26)16-6-4-5-15(21-16)18(25)20-13-7-9-14(10-8-13)24(2)3/h4-11H,1-3H3,(H,20,25)(H,22,23,26). The minimum Gasteiger partial charge on any atom is -0.378 e. The third-order valence-corrected chi connectivity index (χ3v) is 3.73. The Labute approximate surface area is 156 Å². The van der Waals surface area contributed by atoms with Crippen LogP contribution in [0.25, 0.3) is 0 Å². The second-order valence-corrected chi connectivity index (χ2v) is 6.08. The van der Waals surface area contributed by atoms with Gasteiger partial charge in [0.2, 0.25) is 0 Å². The fourth-order valence-corrected chi connectivity index (χ4v) is 2.33. The number of nitrogens with one attached hydrogen (secondary N) is 2. The number of aryl methyl sites for hydroxylation is 1. The van der Waals surface area contributed by atoms with E-state index in [4.69, 9.17) is 4.52 Å². The van der Waals surface area contributed by atoms with Gasteiger partial charge in [0, 0.05) is 31.5 Å². The Morgan fingerprint density at radius 1 is 0.963 bits per heavy atom. The summed E-state index contributed by atoms with van der Waals surface area (Å²) in [6.45, 7) is 1.72. The van der Waals surface area contributed by atoms with Gasteiger partial charge in [-0.05, 0) is 43.3 Å². The van der Waals surface area contributed by atoms with Crippen LogP contribution in [0.5, 0.6) is 0 Å². The summed E-state index contributed by atoms with van der Waals surface area (Å²) in [7, 11) is 3.88. The van der Waals surface area contributed by atoms with Gasteiger partial charge in [-0.1, -0.05) is 11.2 Å². The lowest BCUT2D eigenvalue weighted by molar-refractivity contribution is 0.101. The van der Waals surface area contributed by atoms with Crippen molar-refractivity contribution in [1.82, 2.24) is 10.1 Å². The lowest BCUT2D eigenvalue weighted by Crippen LogP contribution is -2.18. The van der Waals surface area contributed by atoms with E-state index < -0.39 is 11.8 Å². The van der Waals surface area contributed by atoms with Gasteiger partial charge in [0.05, 0.1) is 0 Å². The van der Waals surface area contributed by atoms with Crippen LogP contribution < -0.4 is 15.5 Å². The lowest BCUT2D eigenvalue weighted by Gasteiger charge is -2.13. The van der Waals surface area contributed by atoms with Gasteiger partial charge in [0.25, 0.3) is 11.8 Å². The molecule has 0 aliphatic heterocycles. The Morgan fingerprint density at radius 3 is 2.15 bits per heavy atom. The first-order valence-corrected chi connectivity index (χ1v) is 8.23. The van der Waals surface area contributed by atoms with Crippen molar-refractivity contribution >= 4 is 29.0 Å². The smallest absolute Gasteiger partial charge is 0.275 e. The maximum Gasteiger partial charge on any atom is 0.275 e. The highest BCUT2D eigenvalue weighted by Crippen LogP contribution is 2.16. The first-order chi connectivity index (χ1) is 12.9. The van der Waals surface area contributed by atoms with Gasteiger partial charge in [-0.25, -0.2) is 4.98 Å². The molecular formula is C19H19N5O3. The first-order valence-electron chi connectivity index (χ1n) is 8.23. The molecule has 0 saturated heterocycles. The van der Waals surface area contributed by atoms with Crippen LogP contribution in [0.4, 0.5) is 17.2 Å². The largest absolute Gasteiger partial charge is 0.378 e. The fraction of sp³-hybridized carbons (Fsp3) is 0.158. The monoisotopic (exact) mass is 365 g/mol. The number of carbonyl (C=O) groups excluding carboxylic acids is 2. The van der Waals surface area contributed by atoms with Crippen molar-refractivity contribution in [2.45, 2.75) is 6.92 Å². The third-order valence-electron chi connectivity index (χ3n) is 3.73. The Hall–Kier alpha value is -3.68. The van der Waals surface area contributed by atoms with Crippen LogP contribution in [0.15, 0.2) is 53.1 Å². The highest BCUT2D eigenvalue weighted by atomic mass is 16.5. The second kappa shape index (κ2) is 7.69. The Morgan fingerprint density at radius 2 is 1.59 bits per heavy atom. The van der Waals surface area contributed by atoms with E-state index in [0.29, 0.717) is 11.4 Å². The molecule has 2 amide bonds. The van der Waals surface area contributed by atoms with Crippen LogP contribution >= 0.6 is 0 Å². The molecule has 2 N–H and O–H groups in total. The van der Waals surface area contributed by atoms with Crippen molar-refractivity contribution in [2.24, 2.45) is 0 Å². The first kappa shape index (κ1) is 18.1. The minimum atomic E-state index is -0.478. The van der Waals surface area contributed by atoms with Crippen molar-refractivity contribution in [3.05, 3.63) is 65.7 Å². The molecule has 0 aliphatic carbocycles. The zero-order chi connectivity index (χ0) is 19.4. The molecule has 2 heterocycles. The van der Waals surface area contributed by atoms with Gasteiger partial charge in [-0.2, -0.15) is 0 Å². The van der Waals surface area contributed by atoms with E-state index in [2.05, 4.69) is 20.8 Å². The van der Waals surface area contributed by atoms with Crippen molar-refractivity contribution in [2.75, 3.05) is 29.6 Å². The number of amides is 2. The van der Waals surface area contributed by atoms with E-state index in [1.807, 2.05) is 31.1 Å². The molecule has 0 fully saturated rings. The summed E-state index contributed by atoms with van der Waals surface area (Å²) in [5, 5.41) is 9.03. The predicted molar refractivity (Wildman–Crippen MR) is 102 cm³/mol. The van der Waals surface area contributed by atoms with Crippen molar-refractivity contribution in [3.8, 4) is 0 Å². The van der Waals surface area contributed by atoms with E-state index >= 15 is 0 Å². The lowest BCUT2D eigenvalue weighted by atomic mass is 10.2. The molecule has 0 spiro atoms. The third kappa shape index (κ3) is 4.49. The van der Waals surface area contributed by atoms with Crippen LogP contribution in [-0.4, -0.2) is 36.1 Å². The SMILES string of the molecule is Cc1cc(NC(=O)c2cccc(C(=O)Nc3ccc(N(C)C)cc3)n2)no1. The van der Waals surface area contributed by atoms with Gasteiger partial charge in [0.15, 0.2) is 5.82 Å². The van der Waals surface area contributed by atoms with Crippen LogP contribution in [0, 0.1) is 6.92 Å². The zero-order valence-electron chi connectivity index (χ0n) is 15.2. The van der Waals surface area contributed by atoms with Crippen LogP contribution in [0.3, 0.4) is 0 Å². The van der Waals surface area contributed by atoms with E-state index in [-0.39, 0.29) is 17.2 Å². The molecule has 0 unspecified atom stereocenters. The van der Waals surface area contributed by atoms with Crippen LogP contribution in [0.2, 0.25) is 0 Å². The number of rotatable bonds is 5. The van der Waals surface area contributed by atoms with Crippen molar-refractivity contribution < 1.29 is 14.1 Å². The molecule has 1 aromatic carbocycles. The van der Waals surface area contributed by atoms with Crippen molar-refractivity contribution in [3.63, 3.8) is 0 Å². The van der Waals surface area contributed by atoms with Gasteiger partial charge in [-0.3, -0.25) is 9.59 Å². The average molecular weight is 365 g/mol. The molecule has 138 valence electrons. The van der Waals surface area contributed by atoms with E-state index in [1.165, 1.54) is 6.07 Å².